The molecule has 1 aliphatic heterocycles. The molecule has 1 fully saturated rings. The Morgan fingerprint density at radius 2 is 2.08 bits per heavy atom. The van der Waals surface area contributed by atoms with E-state index in [4.69, 9.17) is 9.15 Å². The predicted molar refractivity (Wildman–Crippen MR) is 93.9 cm³/mol. The van der Waals surface area contributed by atoms with E-state index in [0.717, 1.165) is 55.7 Å². The lowest BCUT2D eigenvalue weighted by Crippen LogP contribution is -2.43. The van der Waals surface area contributed by atoms with Crippen molar-refractivity contribution in [3.63, 3.8) is 0 Å². The first-order valence-corrected chi connectivity index (χ1v) is 8.73. The summed E-state index contributed by atoms with van der Waals surface area (Å²) in [6.07, 6.45) is 7.08. The van der Waals surface area contributed by atoms with Crippen molar-refractivity contribution in [3.8, 4) is 11.3 Å². The van der Waals surface area contributed by atoms with Crippen LogP contribution in [0.2, 0.25) is 0 Å². The molecule has 1 saturated heterocycles. The maximum absolute atomic E-state index is 12.9. The van der Waals surface area contributed by atoms with E-state index in [1.165, 1.54) is 6.42 Å². The molecular weight excluding hydrogens is 302 g/mol. The SMILES string of the molecule is COCCCC1CCCCN1C(=O)c1ccc(-c2ccco2)cc1. The molecule has 128 valence electrons. The molecule has 0 N–H and O–H groups in total. The predicted octanol–water partition coefficient (Wildman–Crippen LogP) is 4.37. The van der Waals surface area contributed by atoms with E-state index in [-0.39, 0.29) is 5.91 Å². The third-order valence-electron chi connectivity index (χ3n) is 4.71. The Bertz CT molecular complexity index is 633. The Morgan fingerprint density at radius 1 is 1.25 bits per heavy atom. The summed E-state index contributed by atoms with van der Waals surface area (Å²) in [5.74, 6) is 0.965. The third-order valence-corrected chi connectivity index (χ3v) is 4.71. The summed E-state index contributed by atoms with van der Waals surface area (Å²) < 4.78 is 10.6. The van der Waals surface area contributed by atoms with Crippen LogP contribution in [0.3, 0.4) is 0 Å². The van der Waals surface area contributed by atoms with E-state index in [9.17, 15) is 4.79 Å². The van der Waals surface area contributed by atoms with Gasteiger partial charge in [-0.25, -0.2) is 0 Å². The number of nitrogens with zero attached hydrogens (tertiary/aromatic N) is 1. The average molecular weight is 327 g/mol. The number of amides is 1. The number of piperidine rings is 1. The summed E-state index contributed by atoms with van der Waals surface area (Å²) in [5, 5.41) is 0. The Morgan fingerprint density at radius 3 is 2.79 bits per heavy atom. The number of ether oxygens (including phenoxy) is 1. The number of hydrogen-bond acceptors (Lipinski definition) is 3. The van der Waals surface area contributed by atoms with Gasteiger partial charge in [0.1, 0.15) is 5.76 Å². The molecule has 1 amide bonds. The van der Waals surface area contributed by atoms with Gasteiger partial charge < -0.3 is 14.1 Å². The van der Waals surface area contributed by atoms with Gasteiger partial charge in [-0.2, -0.15) is 0 Å². The first kappa shape index (κ1) is 16.8. The maximum Gasteiger partial charge on any atom is 0.254 e. The van der Waals surface area contributed by atoms with E-state index < -0.39 is 0 Å². The van der Waals surface area contributed by atoms with E-state index in [0.29, 0.717) is 6.04 Å². The van der Waals surface area contributed by atoms with Crippen LogP contribution in [0.1, 0.15) is 42.5 Å². The van der Waals surface area contributed by atoms with Crippen LogP contribution in [0, 0.1) is 0 Å². The Hall–Kier alpha value is -2.07. The molecule has 1 aromatic carbocycles. The van der Waals surface area contributed by atoms with Crippen LogP contribution in [-0.4, -0.2) is 37.1 Å². The smallest absolute Gasteiger partial charge is 0.254 e. The van der Waals surface area contributed by atoms with E-state index in [2.05, 4.69) is 4.90 Å². The maximum atomic E-state index is 12.9. The minimum atomic E-state index is 0.142. The Balaban J connectivity index is 1.69. The first-order chi connectivity index (χ1) is 11.8. The number of furan rings is 1. The van der Waals surface area contributed by atoms with Gasteiger partial charge in [-0.3, -0.25) is 4.79 Å². The number of methoxy groups -OCH3 is 1. The third kappa shape index (κ3) is 3.88. The zero-order valence-electron chi connectivity index (χ0n) is 14.2. The minimum Gasteiger partial charge on any atom is -0.464 e. The summed E-state index contributed by atoms with van der Waals surface area (Å²) >= 11 is 0. The molecule has 2 heterocycles. The monoisotopic (exact) mass is 327 g/mol. The molecule has 0 spiro atoms. The molecule has 4 heteroatoms. The highest BCUT2D eigenvalue weighted by Crippen LogP contribution is 2.25. The number of likely N-dealkylation sites (tertiary alicyclic amines) is 1. The molecule has 0 saturated carbocycles. The molecule has 2 aromatic rings. The number of carbonyl (C=O) groups excluding carboxylic acids is 1. The first-order valence-electron chi connectivity index (χ1n) is 8.73. The summed E-state index contributed by atoms with van der Waals surface area (Å²) in [4.78, 5) is 15.0. The minimum absolute atomic E-state index is 0.142. The lowest BCUT2D eigenvalue weighted by atomic mass is 9.97. The van der Waals surface area contributed by atoms with Crippen molar-refractivity contribution in [2.75, 3.05) is 20.3 Å². The standard InChI is InChI=1S/C20H25NO3/c1-23-14-4-7-18-6-2-3-13-21(18)20(22)17-11-9-16(10-12-17)19-8-5-15-24-19/h5,8-12,15,18H,2-4,6-7,13-14H2,1H3. The van der Waals surface area contributed by atoms with Crippen LogP contribution in [0.4, 0.5) is 0 Å². The molecule has 0 radical (unpaired) electrons. The van der Waals surface area contributed by atoms with Crippen molar-refractivity contribution >= 4 is 5.91 Å². The van der Waals surface area contributed by atoms with Crippen molar-refractivity contribution in [2.24, 2.45) is 0 Å². The van der Waals surface area contributed by atoms with Crippen LogP contribution < -0.4 is 0 Å². The lowest BCUT2D eigenvalue weighted by molar-refractivity contribution is 0.0585. The van der Waals surface area contributed by atoms with Crippen molar-refractivity contribution in [2.45, 2.75) is 38.1 Å². The van der Waals surface area contributed by atoms with Crippen LogP contribution in [0.15, 0.2) is 47.1 Å². The summed E-state index contributed by atoms with van der Waals surface area (Å²) in [6.45, 7) is 1.62. The largest absolute Gasteiger partial charge is 0.464 e. The second-order valence-corrected chi connectivity index (χ2v) is 6.34. The van der Waals surface area contributed by atoms with E-state index >= 15 is 0 Å². The van der Waals surface area contributed by atoms with Crippen molar-refractivity contribution in [1.82, 2.24) is 4.90 Å². The Labute approximate surface area is 143 Å². The van der Waals surface area contributed by atoms with Gasteiger partial charge in [-0.15, -0.1) is 0 Å². The zero-order chi connectivity index (χ0) is 16.8. The summed E-state index contributed by atoms with van der Waals surface area (Å²) in [7, 11) is 1.73. The van der Waals surface area contributed by atoms with Crippen LogP contribution in [0.5, 0.6) is 0 Å². The Kier molecular flexibility index (Phi) is 5.70. The van der Waals surface area contributed by atoms with Gasteiger partial charge in [-0.05, 0) is 56.4 Å². The molecule has 1 aromatic heterocycles. The van der Waals surface area contributed by atoms with Gasteiger partial charge in [0.05, 0.1) is 6.26 Å². The zero-order valence-corrected chi connectivity index (χ0v) is 14.2. The van der Waals surface area contributed by atoms with Crippen LogP contribution in [-0.2, 0) is 4.74 Å². The second-order valence-electron chi connectivity index (χ2n) is 6.34. The van der Waals surface area contributed by atoms with Gasteiger partial charge >= 0.3 is 0 Å². The molecule has 1 unspecified atom stereocenters. The van der Waals surface area contributed by atoms with Gasteiger partial charge in [0, 0.05) is 37.4 Å². The van der Waals surface area contributed by atoms with Gasteiger partial charge in [0.2, 0.25) is 0 Å². The second kappa shape index (κ2) is 8.15. The number of rotatable bonds is 6. The van der Waals surface area contributed by atoms with E-state index in [1.807, 2.05) is 36.4 Å². The normalized spacial score (nSPS) is 17.9. The quantitative estimate of drug-likeness (QED) is 0.740. The average Bonchev–Trinajstić information content (AvgIpc) is 3.17. The molecule has 1 aliphatic rings. The van der Waals surface area contributed by atoms with Gasteiger partial charge in [0.25, 0.3) is 5.91 Å². The fraction of sp³-hybridized carbons (Fsp3) is 0.450. The highest BCUT2D eigenvalue weighted by Gasteiger charge is 2.27. The number of hydrogen-bond donors (Lipinski definition) is 0. The number of carbonyl (C=O) groups is 1. The molecule has 3 rings (SSSR count). The number of benzene rings is 1. The van der Waals surface area contributed by atoms with Crippen molar-refractivity contribution < 1.29 is 13.9 Å². The molecule has 24 heavy (non-hydrogen) atoms. The summed E-state index contributed by atoms with van der Waals surface area (Å²) in [5.41, 5.74) is 1.75. The van der Waals surface area contributed by atoms with Crippen molar-refractivity contribution in [1.29, 1.82) is 0 Å². The van der Waals surface area contributed by atoms with Crippen molar-refractivity contribution in [3.05, 3.63) is 48.2 Å². The van der Waals surface area contributed by atoms with Gasteiger partial charge in [0.15, 0.2) is 0 Å². The molecule has 0 bridgehead atoms. The van der Waals surface area contributed by atoms with E-state index in [1.54, 1.807) is 13.4 Å². The molecule has 4 nitrogen and oxygen atoms in total. The highest BCUT2D eigenvalue weighted by atomic mass is 16.5. The molecular formula is C20H25NO3. The fourth-order valence-corrected chi connectivity index (χ4v) is 3.42. The summed E-state index contributed by atoms with van der Waals surface area (Å²) in [6, 6.07) is 11.8. The van der Waals surface area contributed by atoms with Crippen LogP contribution >= 0.6 is 0 Å². The topological polar surface area (TPSA) is 42.7 Å². The lowest BCUT2D eigenvalue weighted by Gasteiger charge is -2.36. The fourth-order valence-electron chi connectivity index (χ4n) is 3.42. The van der Waals surface area contributed by atoms with Gasteiger partial charge in [-0.1, -0.05) is 12.1 Å². The van der Waals surface area contributed by atoms with Crippen LogP contribution in [0.25, 0.3) is 11.3 Å². The molecule has 0 aliphatic carbocycles. The highest BCUT2D eigenvalue weighted by molar-refractivity contribution is 5.95. The molecule has 1 atom stereocenters.